The van der Waals surface area contributed by atoms with E-state index in [0.717, 1.165) is 5.56 Å². The van der Waals surface area contributed by atoms with E-state index in [9.17, 15) is 4.79 Å². The molecular formula is C12H14ClNO2. The van der Waals surface area contributed by atoms with Crippen LogP contribution in [0.1, 0.15) is 12.5 Å². The van der Waals surface area contributed by atoms with Gasteiger partial charge in [-0.25, -0.2) is 0 Å². The van der Waals surface area contributed by atoms with Crippen LogP contribution in [0, 0.1) is 0 Å². The third-order valence-corrected chi connectivity index (χ3v) is 2.26. The van der Waals surface area contributed by atoms with Crippen molar-refractivity contribution in [2.75, 3.05) is 13.2 Å². The summed E-state index contributed by atoms with van der Waals surface area (Å²) in [6, 6.07) is 7.22. The Kier molecular flexibility index (Phi) is 5.02. The second-order valence-corrected chi connectivity index (χ2v) is 3.79. The molecule has 0 atom stereocenters. The number of aliphatic hydroxyl groups is 1. The van der Waals surface area contributed by atoms with Crippen LogP contribution in [0.25, 0.3) is 6.08 Å². The van der Waals surface area contributed by atoms with E-state index in [1.54, 1.807) is 25.1 Å². The lowest BCUT2D eigenvalue weighted by molar-refractivity contribution is -0.117. The molecular weight excluding hydrogens is 226 g/mol. The van der Waals surface area contributed by atoms with Gasteiger partial charge in [0, 0.05) is 17.1 Å². The first-order chi connectivity index (χ1) is 7.63. The van der Waals surface area contributed by atoms with Gasteiger partial charge in [0.2, 0.25) is 5.91 Å². The Bertz CT molecular complexity index is 385. The first-order valence-electron chi connectivity index (χ1n) is 4.96. The van der Waals surface area contributed by atoms with Crippen LogP contribution in [-0.2, 0) is 4.79 Å². The van der Waals surface area contributed by atoms with E-state index in [1.807, 2.05) is 12.1 Å². The Balaban J connectivity index is 2.68. The van der Waals surface area contributed by atoms with Gasteiger partial charge in [0.05, 0.1) is 6.61 Å². The lowest BCUT2D eigenvalue weighted by Crippen LogP contribution is -2.26. The number of nitrogens with one attached hydrogen (secondary N) is 1. The molecule has 0 aromatic heterocycles. The van der Waals surface area contributed by atoms with Crippen LogP contribution in [-0.4, -0.2) is 24.2 Å². The maximum Gasteiger partial charge on any atom is 0.247 e. The molecule has 1 rings (SSSR count). The molecule has 0 bridgehead atoms. The van der Waals surface area contributed by atoms with Crippen molar-refractivity contribution in [2.45, 2.75) is 6.92 Å². The molecule has 0 aliphatic rings. The number of carbonyl (C=O) groups is 1. The topological polar surface area (TPSA) is 49.3 Å². The summed E-state index contributed by atoms with van der Waals surface area (Å²) in [6.07, 6.45) is 1.77. The fourth-order valence-corrected chi connectivity index (χ4v) is 1.31. The maximum absolute atomic E-state index is 11.5. The number of amides is 1. The second-order valence-electron chi connectivity index (χ2n) is 3.36. The molecule has 4 heteroatoms. The first-order valence-corrected chi connectivity index (χ1v) is 5.34. The fourth-order valence-electron chi connectivity index (χ4n) is 1.18. The van der Waals surface area contributed by atoms with Crippen molar-refractivity contribution >= 4 is 23.6 Å². The first kappa shape index (κ1) is 12.7. The number of hydrogen-bond acceptors (Lipinski definition) is 2. The number of benzene rings is 1. The Labute approximate surface area is 99.7 Å². The zero-order valence-electron chi connectivity index (χ0n) is 9.03. The zero-order chi connectivity index (χ0) is 12.0. The highest BCUT2D eigenvalue weighted by Gasteiger charge is 2.02. The van der Waals surface area contributed by atoms with Crippen molar-refractivity contribution in [2.24, 2.45) is 0 Å². The molecule has 0 saturated carbocycles. The molecule has 86 valence electrons. The van der Waals surface area contributed by atoms with Crippen LogP contribution in [0.4, 0.5) is 0 Å². The summed E-state index contributed by atoms with van der Waals surface area (Å²) < 4.78 is 0. The van der Waals surface area contributed by atoms with Gasteiger partial charge < -0.3 is 10.4 Å². The van der Waals surface area contributed by atoms with E-state index in [1.165, 1.54) is 0 Å². The van der Waals surface area contributed by atoms with Crippen LogP contribution in [0.3, 0.4) is 0 Å². The van der Waals surface area contributed by atoms with E-state index >= 15 is 0 Å². The molecule has 0 saturated heterocycles. The monoisotopic (exact) mass is 239 g/mol. The Morgan fingerprint density at radius 2 is 2.06 bits per heavy atom. The van der Waals surface area contributed by atoms with Crippen LogP contribution in [0.5, 0.6) is 0 Å². The molecule has 1 aromatic carbocycles. The summed E-state index contributed by atoms with van der Waals surface area (Å²) in [5.74, 6) is -0.177. The van der Waals surface area contributed by atoms with E-state index in [4.69, 9.17) is 16.7 Å². The Morgan fingerprint density at radius 3 is 2.62 bits per heavy atom. The molecule has 1 aromatic rings. The van der Waals surface area contributed by atoms with E-state index in [2.05, 4.69) is 5.32 Å². The molecule has 0 unspecified atom stereocenters. The van der Waals surface area contributed by atoms with Gasteiger partial charge in [0.25, 0.3) is 0 Å². The van der Waals surface area contributed by atoms with Crippen molar-refractivity contribution in [3.05, 3.63) is 40.4 Å². The summed E-state index contributed by atoms with van der Waals surface area (Å²) in [6.45, 7) is 1.94. The molecule has 0 heterocycles. The Morgan fingerprint density at radius 1 is 1.44 bits per heavy atom. The van der Waals surface area contributed by atoms with Gasteiger partial charge in [-0.15, -0.1) is 0 Å². The molecule has 0 aliphatic heterocycles. The van der Waals surface area contributed by atoms with E-state index < -0.39 is 0 Å². The van der Waals surface area contributed by atoms with Crippen LogP contribution in [0.2, 0.25) is 5.02 Å². The highest BCUT2D eigenvalue weighted by molar-refractivity contribution is 6.30. The van der Waals surface area contributed by atoms with Crippen LogP contribution < -0.4 is 5.32 Å². The van der Waals surface area contributed by atoms with Crippen molar-refractivity contribution < 1.29 is 9.90 Å². The lowest BCUT2D eigenvalue weighted by atomic mass is 10.1. The normalized spacial score (nSPS) is 11.3. The summed E-state index contributed by atoms with van der Waals surface area (Å²) in [5.41, 5.74) is 1.51. The van der Waals surface area contributed by atoms with Crippen molar-refractivity contribution in [3.63, 3.8) is 0 Å². The van der Waals surface area contributed by atoms with Gasteiger partial charge in [-0.3, -0.25) is 4.79 Å². The van der Waals surface area contributed by atoms with Gasteiger partial charge in [0.1, 0.15) is 0 Å². The largest absolute Gasteiger partial charge is 0.395 e. The minimum Gasteiger partial charge on any atom is -0.395 e. The van der Waals surface area contributed by atoms with Gasteiger partial charge in [-0.05, 0) is 30.7 Å². The number of aliphatic hydroxyl groups excluding tert-OH is 1. The molecule has 3 nitrogen and oxygen atoms in total. The standard InChI is InChI=1S/C12H14ClNO2/c1-9(12(16)14-6-7-15)8-10-2-4-11(13)5-3-10/h2-5,8,15H,6-7H2,1H3,(H,14,16)/b9-8-. The van der Waals surface area contributed by atoms with Gasteiger partial charge in [-0.1, -0.05) is 23.7 Å². The van der Waals surface area contributed by atoms with Crippen molar-refractivity contribution in [1.82, 2.24) is 5.32 Å². The Hall–Kier alpha value is -1.32. The molecule has 16 heavy (non-hydrogen) atoms. The lowest BCUT2D eigenvalue weighted by Gasteiger charge is -2.03. The highest BCUT2D eigenvalue weighted by Crippen LogP contribution is 2.12. The van der Waals surface area contributed by atoms with E-state index in [0.29, 0.717) is 10.6 Å². The second kappa shape index (κ2) is 6.30. The molecule has 0 spiro atoms. The van der Waals surface area contributed by atoms with Crippen molar-refractivity contribution in [1.29, 1.82) is 0 Å². The summed E-state index contributed by atoms with van der Waals surface area (Å²) in [7, 11) is 0. The van der Waals surface area contributed by atoms with Crippen LogP contribution >= 0.6 is 11.6 Å². The number of hydrogen-bond donors (Lipinski definition) is 2. The van der Waals surface area contributed by atoms with Crippen LogP contribution in [0.15, 0.2) is 29.8 Å². The predicted molar refractivity (Wildman–Crippen MR) is 65.2 cm³/mol. The molecule has 0 fully saturated rings. The highest BCUT2D eigenvalue weighted by atomic mass is 35.5. The zero-order valence-corrected chi connectivity index (χ0v) is 9.79. The number of halogens is 1. The average Bonchev–Trinajstić information content (AvgIpc) is 2.29. The van der Waals surface area contributed by atoms with Gasteiger partial charge >= 0.3 is 0 Å². The molecule has 0 radical (unpaired) electrons. The summed E-state index contributed by atoms with van der Waals surface area (Å²) in [5, 5.41) is 11.8. The molecule has 1 amide bonds. The number of carbonyl (C=O) groups excluding carboxylic acids is 1. The summed E-state index contributed by atoms with van der Waals surface area (Å²) in [4.78, 5) is 11.5. The third kappa shape index (κ3) is 4.04. The fraction of sp³-hybridized carbons (Fsp3) is 0.250. The SMILES string of the molecule is C/C(=C/c1ccc(Cl)cc1)C(=O)NCCO. The molecule has 0 aliphatic carbocycles. The minimum atomic E-state index is -0.177. The van der Waals surface area contributed by atoms with Gasteiger partial charge in [-0.2, -0.15) is 0 Å². The van der Waals surface area contributed by atoms with Crippen molar-refractivity contribution in [3.8, 4) is 0 Å². The number of rotatable bonds is 4. The van der Waals surface area contributed by atoms with E-state index in [-0.39, 0.29) is 19.1 Å². The third-order valence-electron chi connectivity index (χ3n) is 2.01. The smallest absolute Gasteiger partial charge is 0.247 e. The summed E-state index contributed by atoms with van der Waals surface area (Å²) >= 11 is 5.75. The van der Waals surface area contributed by atoms with Gasteiger partial charge in [0.15, 0.2) is 0 Å². The maximum atomic E-state index is 11.5. The minimum absolute atomic E-state index is 0.0556. The predicted octanol–water partition coefficient (Wildman–Crippen LogP) is 1.85. The molecule has 2 N–H and O–H groups in total. The average molecular weight is 240 g/mol. The quantitative estimate of drug-likeness (QED) is 0.788.